The van der Waals surface area contributed by atoms with Gasteiger partial charge in [-0.3, -0.25) is 4.79 Å². The van der Waals surface area contributed by atoms with Crippen LogP contribution in [0.1, 0.15) is 12.1 Å². The van der Waals surface area contributed by atoms with E-state index in [9.17, 15) is 9.18 Å². The van der Waals surface area contributed by atoms with E-state index in [1.165, 1.54) is 6.07 Å². The Hall–Kier alpha value is -2.95. The molecule has 1 aromatic heterocycles. The minimum Gasteiger partial charge on any atom is -0.384 e. The average Bonchev–Trinajstić information content (AvgIpc) is 2.56. The van der Waals surface area contributed by atoms with Gasteiger partial charge in [-0.1, -0.05) is 30.3 Å². The Morgan fingerprint density at radius 1 is 1.12 bits per heavy atom. The van der Waals surface area contributed by atoms with Gasteiger partial charge in [-0.2, -0.15) is 0 Å². The number of rotatable bonds is 5. The third-order valence-electron chi connectivity index (χ3n) is 3.64. The molecule has 0 saturated carbocycles. The number of benzene rings is 2. The SMILES string of the molecule is Cc1cc(NCCC(=O)Nc2ccccc2)c2cccc(F)c2n1. The zero-order chi connectivity index (χ0) is 16.9. The number of halogens is 1. The number of pyridine rings is 1. The second kappa shape index (κ2) is 7.08. The highest BCUT2D eigenvalue weighted by Gasteiger charge is 2.08. The summed E-state index contributed by atoms with van der Waals surface area (Å²) < 4.78 is 13.9. The molecule has 2 aromatic carbocycles. The molecular formula is C19H18FN3O. The first-order valence-electron chi connectivity index (χ1n) is 7.78. The highest BCUT2D eigenvalue weighted by atomic mass is 19.1. The predicted molar refractivity (Wildman–Crippen MR) is 94.6 cm³/mol. The molecule has 0 aliphatic carbocycles. The number of aromatic nitrogens is 1. The maximum absolute atomic E-state index is 13.9. The molecule has 0 unspecified atom stereocenters. The van der Waals surface area contributed by atoms with Crippen molar-refractivity contribution in [1.82, 2.24) is 4.98 Å². The summed E-state index contributed by atoms with van der Waals surface area (Å²) in [5.74, 6) is -0.420. The smallest absolute Gasteiger partial charge is 0.226 e. The summed E-state index contributed by atoms with van der Waals surface area (Å²) >= 11 is 0. The lowest BCUT2D eigenvalue weighted by atomic mass is 10.1. The minimum atomic E-state index is -0.346. The molecule has 0 atom stereocenters. The van der Waals surface area contributed by atoms with Crippen molar-refractivity contribution in [2.24, 2.45) is 0 Å². The molecule has 24 heavy (non-hydrogen) atoms. The number of nitrogens with zero attached hydrogens (tertiary/aromatic N) is 1. The Bertz CT molecular complexity index is 865. The molecule has 3 aromatic rings. The molecule has 1 heterocycles. The number of hydrogen-bond acceptors (Lipinski definition) is 3. The van der Waals surface area contributed by atoms with Crippen LogP contribution in [0, 0.1) is 12.7 Å². The van der Waals surface area contributed by atoms with Gasteiger partial charge in [0.15, 0.2) is 0 Å². The van der Waals surface area contributed by atoms with E-state index in [1.54, 1.807) is 6.07 Å². The van der Waals surface area contributed by atoms with E-state index in [1.807, 2.05) is 49.4 Å². The van der Waals surface area contributed by atoms with Gasteiger partial charge < -0.3 is 10.6 Å². The maximum Gasteiger partial charge on any atom is 0.226 e. The average molecular weight is 323 g/mol. The van der Waals surface area contributed by atoms with Gasteiger partial charge in [0.25, 0.3) is 0 Å². The van der Waals surface area contributed by atoms with Crippen LogP contribution in [0.3, 0.4) is 0 Å². The molecular weight excluding hydrogens is 305 g/mol. The predicted octanol–water partition coefficient (Wildman–Crippen LogP) is 4.12. The van der Waals surface area contributed by atoms with Crippen LogP contribution in [-0.4, -0.2) is 17.4 Å². The fourth-order valence-electron chi connectivity index (χ4n) is 2.54. The third kappa shape index (κ3) is 3.68. The molecule has 4 nitrogen and oxygen atoms in total. The second-order valence-corrected chi connectivity index (χ2v) is 5.54. The fourth-order valence-corrected chi connectivity index (χ4v) is 2.54. The number of fused-ring (bicyclic) bond motifs is 1. The number of para-hydroxylation sites is 2. The number of amides is 1. The highest BCUT2D eigenvalue weighted by Crippen LogP contribution is 2.25. The molecule has 0 radical (unpaired) electrons. The van der Waals surface area contributed by atoms with Crippen LogP contribution in [0.5, 0.6) is 0 Å². The van der Waals surface area contributed by atoms with E-state index in [2.05, 4.69) is 15.6 Å². The summed E-state index contributed by atoms with van der Waals surface area (Å²) in [6.07, 6.45) is 0.313. The maximum atomic E-state index is 13.9. The third-order valence-corrected chi connectivity index (χ3v) is 3.64. The van der Waals surface area contributed by atoms with Crippen LogP contribution in [0.25, 0.3) is 10.9 Å². The van der Waals surface area contributed by atoms with Crippen molar-refractivity contribution in [1.29, 1.82) is 0 Å². The first-order chi connectivity index (χ1) is 11.6. The van der Waals surface area contributed by atoms with E-state index in [-0.39, 0.29) is 11.7 Å². The molecule has 3 rings (SSSR count). The van der Waals surface area contributed by atoms with Crippen molar-refractivity contribution in [3.63, 3.8) is 0 Å². The number of hydrogen-bond donors (Lipinski definition) is 2. The van der Waals surface area contributed by atoms with Crippen LogP contribution >= 0.6 is 0 Å². The first kappa shape index (κ1) is 15.9. The Labute approximate surface area is 139 Å². The van der Waals surface area contributed by atoms with Gasteiger partial charge in [-0.05, 0) is 31.2 Å². The van der Waals surface area contributed by atoms with Crippen molar-refractivity contribution >= 4 is 28.2 Å². The van der Waals surface area contributed by atoms with Crippen LogP contribution in [0.15, 0.2) is 54.6 Å². The van der Waals surface area contributed by atoms with Gasteiger partial charge in [-0.25, -0.2) is 9.37 Å². The van der Waals surface area contributed by atoms with Gasteiger partial charge in [0.1, 0.15) is 11.3 Å². The summed E-state index contributed by atoms with van der Waals surface area (Å²) in [4.78, 5) is 16.2. The molecule has 0 saturated heterocycles. The Morgan fingerprint density at radius 3 is 2.71 bits per heavy atom. The summed E-state index contributed by atoms with van der Waals surface area (Å²) in [5, 5.41) is 6.75. The largest absolute Gasteiger partial charge is 0.384 e. The lowest BCUT2D eigenvalue weighted by Crippen LogP contribution is -2.16. The molecule has 2 N–H and O–H groups in total. The molecule has 122 valence electrons. The van der Waals surface area contributed by atoms with Gasteiger partial charge in [-0.15, -0.1) is 0 Å². The van der Waals surface area contributed by atoms with Gasteiger partial charge in [0.2, 0.25) is 5.91 Å². The molecule has 0 aliphatic rings. The minimum absolute atomic E-state index is 0.0741. The number of aryl methyl sites for hydroxylation is 1. The molecule has 1 amide bonds. The van der Waals surface area contributed by atoms with Gasteiger partial charge in [0, 0.05) is 35.4 Å². The molecule has 0 fully saturated rings. The fraction of sp³-hybridized carbons (Fsp3) is 0.158. The van der Waals surface area contributed by atoms with Crippen molar-refractivity contribution in [2.45, 2.75) is 13.3 Å². The van der Waals surface area contributed by atoms with Gasteiger partial charge >= 0.3 is 0 Å². The standard InChI is InChI=1S/C19H18FN3O/c1-13-12-17(15-8-5-9-16(20)19(15)22-13)21-11-10-18(24)23-14-6-3-2-4-7-14/h2-9,12H,10-11H2,1H3,(H,21,22)(H,23,24). The molecule has 0 bridgehead atoms. The van der Waals surface area contributed by atoms with Crippen molar-refractivity contribution in [3.8, 4) is 0 Å². The normalized spacial score (nSPS) is 10.6. The second-order valence-electron chi connectivity index (χ2n) is 5.54. The van der Waals surface area contributed by atoms with E-state index in [4.69, 9.17) is 0 Å². The van der Waals surface area contributed by atoms with Crippen LogP contribution in [0.2, 0.25) is 0 Å². The van der Waals surface area contributed by atoms with Crippen molar-refractivity contribution in [2.75, 3.05) is 17.2 Å². The van der Waals surface area contributed by atoms with E-state index in [0.29, 0.717) is 23.9 Å². The van der Waals surface area contributed by atoms with Crippen LogP contribution < -0.4 is 10.6 Å². The topological polar surface area (TPSA) is 54.0 Å². The van der Waals surface area contributed by atoms with E-state index >= 15 is 0 Å². The lowest BCUT2D eigenvalue weighted by Gasteiger charge is -2.11. The summed E-state index contributed by atoms with van der Waals surface area (Å²) in [5.41, 5.74) is 2.62. The number of carbonyl (C=O) groups is 1. The quantitative estimate of drug-likeness (QED) is 0.742. The number of carbonyl (C=O) groups excluding carboxylic acids is 1. The molecule has 0 aliphatic heterocycles. The van der Waals surface area contributed by atoms with Crippen LogP contribution in [-0.2, 0) is 4.79 Å². The highest BCUT2D eigenvalue weighted by molar-refractivity contribution is 5.93. The molecule has 5 heteroatoms. The van der Waals surface area contributed by atoms with Crippen molar-refractivity contribution in [3.05, 3.63) is 66.1 Å². The monoisotopic (exact) mass is 323 g/mol. The lowest BCUT2D eigenvalue weighted by molar-refractivity contribution is -0.115. The number of nitrogens with one attached hydrogen (secondary N) is 2. The zero-order valence-electron chi connectivity index (χ0n) is 13.3. The van der Waals surface area contributed by atoms with Crippen molar-refractivity contribution < 1.29 is 9.18 Å². The summed E-state index contributed by atoms with van der Waals surface area (Å²) in [6, 6.07) is 16.0. The summed E-state index contributed by atoms with van der Waals surface area (Å²) in [6.45, 7) is 2.27. The Balaban J connectivity index is 1.66. The summed E-state index contributed by atoms with van der Waals surface area (Å²) in [7, 11) is 0. The Morgan fingerprint density at radius 2 is 1.92 bits per heavy atom. The first-order valence-corrected chi connectivity index (χ1v) is 7.78. The van der Waals surface area contributed by atoms with E-state index < -0.39 is 0 Å². The van der Waals surface area contributed by atoms with E-state index in [0.717, 1.165) is 17.1 Å². The van der Waals surface area contributed by atoms with Crippen LogP contribution in [0.4, 0.5) is 15.8 Å². The molecule has 0 spiro atoms. The Kier molecular flexibility index (Phi) is 4.70. The zero-order valence-corrected chi connectivity index (χ0v) is 13.3. The van der Waals surface area contributed by atoms with Gasteiger partial charge in [0.05, 0.1) is 0 Å². The number of anilines is 2.